The van der Waals surface area contributed by atoms with Crippen LogP contribution < -0.4 is 4.90 Å². The number of nitrogens with zero attached hydrogens (tertiary/aromatic N) is 1. The van der Waals surface area contributed by atoms with Crippen LogP contribution in [0.5, 0.6) is 0 Å². The van der Waals surface area contributed by atoms with Crippen molar-refractivity contribution < 1.29 is 14.7 Å². The number of aryl methyl sites for hydroxylation is 1. The van der Waals surface area contributed by atoms with Gasteiger partial charge < -0.3 is 10.0 Å². The lowest BCUT2D eigenvalue weighted by Gasteiger charge is -2.23. The van der Waals surface area contributed by atoms with Crippen molar-refractivity contribution in [1.29, 1.82) is 0 Å². The number of carbonyl (C=O) groups excluding carboxylic acids is 2. The summed E-state index contributed by atoms with van der Waals surface area (Å²) in [6, 6.07) is 21.9. The Balaban J connectivity index is 1.70. The highest BCUT2D eigenvalue weighted by atomic mass is 79.9. The molecule has 0 bridgehead atoms. The van der Waals surface area contributed by atoms with Gasteiger partial charge in [0.2, 0.25) is 0 Å². The predicted octanol–water partition coefficient (Wildman–Crippen LogP) is 4.76. The van der Waals surface area contributed by atoms with E-state index in [9.17, 15) is 14.7 Å². The van der Waals surface area contributed by atoms with Crippen molar-refractivity contribution in [2.75, 3.05) is 4.90 Å². The SMILES string of the molecule is Cc1ccccc1CN1C(=O)[C@](O)(CC(=O)c2cccc(Br)c2)c2ccccc21. The van der Waals surface area contributed by atoms with Gasteiger partial charge in [-0.25, -0.2) is 0 Å². The van der Waals surface area contributed by atoms with E-state index in [1.807, 2.05) is 49.4 Å². The van der Waals surface area contributed by atoms with Gasteiger partial charge >= 0.3 is 0 Å². The maximum atomic E-state index is 13.3. The summed E-state index contributed by atoms with van der Waals surface area (Å²) in [7, 11) is 0. The highest BCUT2D eigenvalue weighted by molar-refractivity contribution is 9.10. The fraction of sp³-hybridized carbons (Fsp3) is 0.167. The first-order valence-electron chi connectivity index (χ1n) is 9.37. The molecule has 1 aliphatic heterocycles. The van der Waals surface area contributed by atoms with Crippen molar-refractivity contribution in [2.24, 2.45) is 0 Å². The van der Waals surface area contributed by atoms with Crippen molar-refractivity contribution in [2.45, 2.75) is 25.5 Å². The molecule has 4 rings (SSSR count). The first-order valence-corrected chi connectivity index (χ1v) is 10.2. The molecule has 29 heavy (non-hydrogen) atoms. The van der Waals surface area contributed by atoms with Crippen molar-refractivity contribution in [3.63, 3.8) is 0 Å². The number of amides is 1. The standard InChI is InChI=1S/C24H20BrNO3/c1-16-7-2-3-8-18(16)15-26-21-12-5-4-11-20(21)24(29,23(26)28)14-22(27)17-9-6-10-19(25)13-17/h2-13,29H,14-15H2,1H3/t24-/m0/s1. The number of benzene rings is 3. The molecule has 0 saturated carbocycles. The second kappa shape index (κ2) is 7.58. The molecule has 5 heteroatoms. The Labute approximate surface area is 177 Å². The molecule has 4 nitrogen and oxygen atoms in total. The Morgan fingerprint density at radius 1 is 1.03 bits per heavy atom. The van der Waals surface area contributed by atoms with Crippen LogP contribution in [-0.2, 0) is 16.9 Å². The number of hydrogen-bond acceptors (Lipinski definition) is 3. The second-order valence-corrected chi connectivity index (χ2v) is 8.22. The minimum Gasteiger partial charge on any atom is -0.375 e. The van der Waals surface area contributed by atoms with E-state index in [1.165, 1.54) is 0 Å². The molecule has 1 N–H and O–H groups in total. The van der Waals surface area contributed by atoms with Crippen LogP contribution in [0.25, 0.3) is 0 Å². The van der Waals surface area contributed by atoms with E-state index in [0.29, 0.717) is 23.4 Å². The molecule has 0 fully saturated rings. The molecule has 0 aromatic heterocycles. The third-order valence-corrected chi connectivity index (χ3v) is 5.89. The number of halogens is 1. The number of para-hydroxylation sites is 1. The van der Waals surface area contributed by atoms with E-state index >= 15 is 0 Å². The summed E-state index contributed by atoms with van der Waals surface area (Å²) in [4.78, 5) is 27.8. The molecular formula is C24H20BrNO3. The van der Waals surface area contributed by atoms with Gasteiger partial charge in [0.25, 0.3) is 5.91 Å². The zero-order valence-corrected chi connectivity index (χ0v) is 17.5. The normalized spacial score (nSPS) is 18.0. The summed E-state index contributed by atoms with van der Waals surface area (Å²) >= 11 is 3.36. The molecule has 0 radical (unpaired) electrons. The Bertz CT molecular complexity index is 1110. The summed E-state index contributed by atoms with van der Waals surface area (Å²) < 4.78 is 0.773. The first kappa shape index (κ1) is 19.6. The van der Waals surface area contributed by atoms with Gasteiger partial charge in [-0.1, -0.05) is 70.5 Å². The van der Waals surface area contributed by atoms with Gasteiger partial charge in [0.1, 0.15) is 0 Å². The van der Waals surface area contributed by atoms with Gasteiger partial charge in [-0.15, -0.1) is 0 Å². The molecule has 0 unspecified atom stereocenters. The maximum Gasteiger partial charge on any atom is 0.264 e. The van der Waals surface area contributed by atoms with Crippen LogP contribution in [0, 0.1) is 6.92 Å². The zero-order chi connectivity index (χ0) is 20.6. The molecule has 1 amide bonds. The van der Waals surface area contributed by atoms with Crippen LogP contribution >= 0.6 is 15.9 Å². The smallest absolute Gasteiger partial charge is 0.264 e. The topological polar surface area (TPSA) is 57.6 Å². The molecule has 1 atom stereocenters. The fourth-order valence-corrected chi connectivity index (χ4v) is 4.19. The Hall–Kier alpha value is -2.76. The Morgan fingerprint density at radius 2 is 1.76 bits per heavy atom. The molecule has 1 heterocycles. The monoisotopic (exact) mass is 449 g/mol. The van der Waals surface area contributed by atoms with Gasteiger partial charge in [0.15, 0.2) is 11.4 Å². The summed E-state index contributed by atoms with van der Waals surface area (Å²) in [6.45, 7) is 2.33. The molecule has 1 aliphatic rings. The zero-order valence-electron chi connectivity index (χ0n) is 15.9. The number of hydrogen-bond donors (Lipinski definition) is 1. The van der Waals surface area contributed by atoms with Crippen LogP contribution in [0.1, 0.15) is 33.5 Å². The average molecular weight is 450 g/mol. The molecule has 146 valence electrons. The highest BCUT2D eigenvalue weighted by Gasteiger charge is 2.50. The molecule has 0 spiro atoms. The number of fused-ring (bicyclic) bond motifs is 1. The summed E-state index contributed by atoms with van der Waals surface area (Å²) in [5.74, 6) is -0.750. The minimum atomic E-state index is -1.88. The lowest BCUT2D eigenvalue weighted by atomic mass is 9.88. The van der Waals surface area contributed by atoms with Gasteiger partial charge in [-0.2, -0.15) is 0 Å². The number of Topliss-reactive ketones (excluding diaryl/α,β-unsaturated/α-hetero) is 1. The number of ketones is 1. The van der Waals surface area contributed by atoms with Gasteiger partial charge in [0, 0.05) is 15.6 Å². The average Bonchev–Trinajstić information content (AvgIpc) is 2.92. The third-order valence-electron chi connectivity index (χ3n) is 5.39. The number of carbonyl (C=O) groups is 2. The van der Waals surface area contributed by atoms with E-state index in [1.54, 1.807) is 35.2 Å². The molecule has 0 aliphatic carbocycles. The lowest BCUT2D eigenvalue weighted by Crippen LogP contribution is -2.41. The second-order valence-electron chi connectivity index (χ2n) is 7.31. The fourth-order valence-electron chi connectivity index (χ4n) is 3.79. The van der Waals surface area contributed by atoms with Crippen molar-refractivity contribution >= 4 is 33.3 Å². The van der Waals surface area contributed by atoms with Crippen LogP contribution in [0.4, 0.5) is 5.69 Å². The third kappa shape index (κ3) is 3.52. The summed E-state index contributed by atoms with van der Waals surface area (Å²) in [6.07, 6.45) is -0.302. The summed E-state index contributed by atoms with van der Waals surface area (Å²) in [5.41, 5.74) is 1.76. The Morgan fingerprint density at radius 3 is 2.52 bits per heavy atom. The van der Waals surface area contributed by atoms with Crippen LogP contribution in [0.2, 0.25) is 0 Å². The molecular weight excluding hydrogens is 430 g/mol. The van der Waals surface area contributed by atoms with E-state index < -0.39 is 11.5 Å². The lowest BCUT2D eigenvalue weighted by molar-refractivity contribution is -0.136. The maximum absolute atomic E-state index is 13.3. The van der Waals surface area contributed by atoms with Crippen LogP contribution in [0.15, 0.2) is 77.3 Å². The van der Waals surface area contributed by atoms with E-state index in [0.717, 1.165) is 15.6 Å². The predicted molar refractivity (Wildman–Crippen MR) is 116 cm³/mol. The largest absolute Gasteiger partial charge is 0.375 e. The Kier molecular flexibility index (Phi) is 5.11. The van der Waals surface area contributed by atoms with E-state index in [4.69, 9.17) is 0 Å². The van der Waals surface area contributed by atoms with E-state index in [-0.39, 0.29) is 12.2 Å². The number of rotatable bonds is 5. The van der Waals surface area contributed by atoms with Gasteiger partial charge in [-0.05, 0) is 36.2 Å². The summed E-state index contributed by atoms with van der Waals surface area (Å²) in [5, 5.41) is 11.4. The number of anilines is 1. The van der Waals surface area contributed by atoms with Crippen LogP contribution in [0.3, 0.4) is 0 Å². The van der Waals surface area contributed by atoms with Gasteiger partial charge in [0.05, 0.1) is 18.7 Å². The van der Waals surface area contributed by atoms with Crippen molar-refractivity contribution in [1.82, 2.24) is 0 Å². The highest BCUT2D eigenvalue weighted by Crippen LogP contribution is 2.43. The van der Waals surface area contributed by atoms with Crippen LogP contribution in [-0.4, -0.2) is 16.8 Å². The van der Waals surface area contributed by atoms with Crippen molar-refractivity contribution in [3.8, 4) is 0 Å². The minimum absolute atomic E-state index is 0.283. The molecule has 0 saturated heterocycles. The molecule has 3 aromatic carbocycles. The first-order chi connectivity index (χ1) is 13.9. The quantitative estimate of drug-likeness (QED) is 0.570. The van der Waals surface area contributed by atoms with E-state index in [2.05, 4.69) is 15.9 Å². The van der Waals surface area contributed by atoms with Gasteiger partial charge in [-0.3, -0.25) is 9.59 Å². The molecule has 3 aromatic rings. The van der Waals surface area contributed by atoms with Crippen molar-refractivity contribution in [3.05, 3.63) is 99.5 Å². The number of aliphatic hydroxyl groups is 1.